The molecular formula is C15H21NO3. The summed E-state index contributed by atoms with van der Waals surface area (Å²) in [6.45, 7) is 3.42. The molecule has 4 nitrogen and oxygen atoms in total. The minimum atomic E-state index is -0.692. The second-order valence-electron chi connectivity index (χ2n) is 5.52. The number of carbonyl (C=O) groups is 1. The zero-order chi connectivity index (χ0) is 13.9. The monoisotopic (exact) mass is 263 g/mol. The molecule has 4 heteroatoms. The number of hydrogen-bond donors (Lipinski definition) is 2. The minimum absolute atomic E-state index is 0.161. The lowest BCUT2D eigenvalue weighted by molar-refractivity contribution is -0.144. The highest BCUT2D eigenvalue weighted by Crippen LogP contribution is 2.36. The standard InChI is InChI=1S/C15H21NO3/c1-15(10-16-9-13(15)14(17)18)8-7-11-3-5-12(19-2)6-4-11/h3-6,13,16H,7-10H2,1-2H3,(H,17,18). The van der Waals surface area contributed by atoms with Gasteiger partial charge in [-0.3, -0.25) is 4.79 Å². The van der Waals surface area contributed by atoms with E-state index in [1.807, 2.05) is 24.3 Å². The van der Waals surface area contributed by atoms with Gasteiger partial charge in [0.05, 0.1) is 13.0 Å². The fraction of sp³-hybridized carbons (Fsp3) is 0.533. The Morgan fingerprint density at radius 2 is 2.16 bits per heavy atom. The number of methoxy groups -OCH3 is 1. The van der Waals surface area contributed by atoms with Crippen LogP contribution in [0.4, 0.5) is 0 Å². The summed E-state index contributed by atoms with van der Waals surface area (Å²) in [5.74, 6) is -0.131. The SMILES string of the molecule is COc1ccc(CCC2(C)CNCC2C(=O)O)cc1. The maximum absolute atomic E-state index is 11.3. The summed E-state index contributed by atoms with van der Waals surface area (Å²) < 4.78 is 5.13. The molecule has 0 aromatic heterocycles. The molecule has 19 heavy (non-hydrogen) atoms. The van der Waals surface area contributed by atoms with Gasteiger partial charge in [-0.1, -0.05) is 19.1 Å². The smallest absolute Gasteiger partial charge is 0.308 e. The summed E-state index contributed by atoms with van der Waals surface area (Å²) in [5.41, 5.74) is 1.06. The Labute approximate surface area is 113 Å². The van der Waals surface area contributed by atoms with Crippen LogP contribution in [0.15, 0.2) is 24.3 Å². The minimum Gasteiger partial charge on any atom is -0.497 e. The number of nitrogens with one attached hydrogen (secondary N) is 1. The topological polar surface area (TPSA) is 58.6 Å². The molecule has 1 aliphatic rings. The van der Waals surface area contributed by atoms with Crippen LogP contribution in [0, 0.1) is 11.3 Å². The van der Waals surface area contributed by atoms with Gasteiger partial charge in [-0.2, -0.15) is 0 Å². The molecule has 2 rings (SSSR count). The third-order valence-electron chi connectivity index (χ3n) is 4.16. The molecule has 1 fully saturated rings. The van der Waals surface area contributed by atoms with Crippen LogP contribution in [0.2, 0.25) is 0 Å². The van der Waals surface area contributed by atoms with E-state index in [4.69, 9.17) is 4.74 Å². The van der Waals surface area contributed by atoms with Crippen molar-refractivity contribution >= 4 is 5.97 Å². The third-order valence-corrected chi connectivity index (χ3v) is 4.16. The van der Waals surface area contributed by atoms with E-state index < -0.39 is 5.97 Å². The van der Waals surface area contributed by atoms with Crippen molar-refractivity contribution < 1.29 is 14.6 Å². The summed E-state index contributed by atoms with van der Waals surface area (Å²) in [7, 11) is 1.65. The van der Waals surface area contributed by atoms with Crippen LogP contribution in [0.1, 0.15) is 18.9 Å². The molecule has 2 unspecified atom stereocenters. The molecular weight excluding hydrogens is 242 g/mol. The summed E-state index contributed by atoms with van der Waals surface area (Å²) in [6, 6.07) is 7.97. The molecule has 0 bridgehead atoms. The second kappa shape index (κ2) is 5.61. The molecule has 1 saturated heterocycles. The molecule has 0 amide bonds. The quantitative estimate of drug-likeness (QED) is 0.852. The van der Waals surface area contributed by atoms with Crippen LogP contribution in [0.25, 0.3) is 0 Å². The molecule has 2 N–H and O–H groups in total. The highest BCUT2D eigenvalue weighted by Gasteiger charge is 2.42. The molecule has 0 aliphatic carbocycles. The summed E-state index contributed by atoms with van der Waals surface area (Å²) >= 11 is 0. The molecule has 1 heterocycles. The van der Waals surface area contributed by atoms with Gasteiger partial charge in [0.1, 0.15) is 5.75 Å². The van der Waals surface area contributed by atoms with Crippen LogP contribution in [-0.4, -0.2) is 31.3 Å². The van der Waals surface area contributed by atoms with E-state index in [1.54, 1.807) is 7.11 Å². The number of aryl methyl sites for hydroxylation is 1. The Kier molecular flexibility index (Phi) is 4.10. The van der Waals surface area contributed by atoms with E-state index in [0.717, 1.165) is 25.1 Å². The van der Waals surface area contributed by atoms with E-state index >= 15 is 0 Å². The molecule has 104 valence electrons. The van der Waals surface area contributed by atoms with Gasteiger partial charge in [0.2, 0.25) is 0 Å². The largest absolute Gasteiger partial charge is 0.497 e. The summed E-state index contributed by atoms with van der Waals surface area (Å²) in [5, 5.41) is 12.5. The normalized spacial score (nSPS) is 26.3. The average Bonchev–Trinajstić information content (AvgIpc) is 2.80. The van der Waals surface area contributed by atoms with E-state index in [1.165, 1.54) is 5.56 Å². The highest BCUT2D eigenvalue weighted by molar-refractivity contribution is 5.71. The van der Waals surface area contributed by atoms with E-state index in [9.17, 15) is 9.90 Å². The number of hydrogen-bond acceptors (Lipinski definition) is 3. The average molecular weight is 263 g/mol. The van der Waals surface area contributed by atoms with Gasteiger partial charge in [-0.05, 0) is 36.0 Å². The number of carboxylic acids is 1. The zero-order valence-corrected chi connectivity index (χ0v) is 11.5. The lowest BCUT2D eigenvalue weighted by Gasteiger charge is -2.27. The maximum Gasteiger partial charge on any atom is 0.308 e. The molecule has 1 aromatic rings. The first-order valence-corrected chi connectivity index (χ1v) is 6.61. The van der Waals surface area contributed by atoms with Crippen LogP contribution >= 0.6 is 0 Å². The number of benzene rings is 1. The third kappa shape index (κ3) is 3.07. The van der Waals surface area contributed by atoms with Crippen molar-refractivity contribution in [3.8, 4) is 5.75 Å². The van der Waals surface area contributed by atoms with Gasteiger partial charge in [0, 0.05) is 13.1 Å². The fourth-order valence-electron chi connectivity index (χ4n) is 2.74. The first-order valence-electron chi connectivity index (χ1n) is 6.61. The van der Waals surface area contributed by atoms with Crippen molar-refractivity contribution in [2.75, 3.05) is 20.2 Å². The van der Waals surface area contributed by atoms with Gasteiger partial charge in [0.25, 0.3) is 0 Å². The lowest BCUT2D eigenvalue weighted by atomic mass is 9.75. The predicted octanol–water partition coefficient (Wildman–Crippen LogP) is 1.94. The van der Waals surface area contributed by atoms with E-state index in [-0.39, 0.29) is 11.3 Å². The number of aliphatic carboxylic acids is 1. The van der Waals surface area contributed by atoms with Crippen molar-refractivity contribution in [3.05, 3.63) is 29.8 Å². The molecule has 0 saturated carbocycles. The molecule has 2 atom stereocenters. The molecule has 0 spiro atoms. The Bertz CT molecular complexity index is 443. The van der Waals surface area contributed by atoms with E-state index in [2.05, 4.69) is 12.2 Å². The lowest BCUT2D eigenvalue weighted by Crippen LogP contribution is -2.32. The highest BCUT2D eigenvalue weighted by atomic mass is 16.5. The van der Waals surface area contributed by atoms with Gasteiger partial charge in [0.15, 0.2) is 0 Å². The van der Waals surface area contributed by atoms with Gasteiger partial charge >= 0.3 is 5.97 Å². The van der Waals surface area contributed by atoms with Crippen molar-refractivity contribution in [1.82, 2.24) is 5.32 Å². The Morgan fingerprint density at radius 3 is 2.74 bits per heavy atom. The molecule has 0 radical (unpaired) electrons. The first kappa shape index (κ1) is 13.9. The van der Waals surface area contributed by atoms with E-state index in [0.29, 0.717) is 6.54 Å². The van der Waals surface area contributed by atoms with Crippen LogP contribution in [0.5, 0.6) is 5.75 Å². The number of rotatable bonds is 5. The van der Waals surface area contributed by atoms with Gasteiger partial charge in [-0.25, -0.2) is 0 Å². The zero-order valence-electron chi connectivity index (χ0n) is 11.5. The van der Waals surface area contributed by atoms with Crippen LogP contribution in [0.3, 0.4) is 0 Å². The van der Waals surface area contributed by atoms with Crippen molar-refractivity contribution in [2.45, 2.75) is 19.8 Å². The van der Waals surface area contributed by atoms with Gasteiger partial charge < -0.3 is 15.2 Å². The Morgan fingerprint density at radius 1 is 1.47 bits per heavy atom. The first-order chi connectivity index (χ1) is 9.05. The Balaban J connectivity index is 1.98. The maximum atomic E-state index is 11.3. The Hall–Kier alpha value is -1.55. The predicted molar refractivity (Wildman–Crippen MR) is 73.4 cm³/mol. The van der Waals surface area contributed by atoms with Crippen LogP contribution < -0.4 is 10.1 Å². The van der Waals surface area contributed by atoms with Gasteiger partial charge in [-0.15, -0.1) is 0 Å². The molecule has 1 aliphatic heterocycles. The summed E-state index contributed by atoms with van der Waals surface area (Å²) in [6.07, 6.45) is 1.77. The summed E-state index contributed by atoms with van der Waals surface area (Å²) in [4.78, 5) is 11.3. The van der Waals surface area contributed by atoms with Crippen molar-refractivity contribution in [1.29, 1.82) is 0 Å². The van der Waals surface area contributed by atoms with Crippen molar-refractivity contribution in [3.63, 3.8) is 0 Å². The van der Waals surface area contributed by atoms with Crippen LogP contribution in [-0.2, 0) is 11.2 Å². The fourth-order valence-corrected chi connectivity index (χ4v) is 2.74. The number of ether oxygens (including phenoxy) is 1. The van der Waals surface area contributed by atoms with Crippen molar-refractivity contribution in [2.24, 2.45) is 11.3 Å². The second-order valence-corrected chi connectivity index (χ2v) is 5.52. The number of carboxylic acid groups (broad SMARTS) is 1. The molecule has 1 aromatic carbocycles.